The standard InChI is InChI=1S/C22H25NO4/c1-26-22(25)20-12-14(10-11-23-20)21(24)27-13-19-17-8-4-2-6-15(17)16-7-3-5-9-18(16)19/h2-9,14-15,17,19-20,23H,10-13H2,1H3. The summed E-state index contributed by atoms with van der Waals surface area (Å²) in [5.41, 5.74) is 2.60. The van der Waals surface area contributed by atoms with Crippen LogP contribution in [0.15, 0.2) is 48.6 Å². The molecule has 0 amide bonds. The van der Waals surface area contributed by atoms with Gasteiger partial charge in [-0.15, -0.1) is 0 Å². The highest BCUT2D eigenvalue weighted by Gasteiger charge is 2.40. The maximum absolute atomic E-state index is 12.6. The van der Waals surface area contributed by atoms with Gasteiger partial charge in [-0.2, -0.15) is 0 Å². The second-order valence-electron chi connectivity index (χ2n) is 7.49. The topological polar surface area (TPSA) is 64.6 Å². The molecule has 2 aliphatic carbocycles. The summed E-state index contributed by atoms with van der Waals surface area (Å²) in [7, 11) is 1.37. The summed E-state index contributed by atoms with van der Waals surface area (Å²) in [5, 5.41) is 3.10. The Bertz CT molecular complexity index is 784. The number of nitrogens with one attached hydrogen (secondary N) is 1. The van der Waals surface area contributed by atoms with E-state index in [4.69, 9.17) is 9.47 Å². The summed E-state index contributed by atoms with van der Waals surface area (Å²) in [6.07, 6.45) is 9.74. The van der Waals surface area contributed by atoms with Crippen molar-refractivity contribution in [2.45, 2.75) is 30.7 Å². The first kappa shape index (κ1) is 18.0. The molecule has 5 unspecified atom stereocenters. The van der Waals surface area contributed by atoms with E-state index in [9.17, 15) is 9.59 Å². The van der Waals surface area contributed by atoms with Gasteiger partial charge in [0.1, 0.15) is 6.04 Å². The molecule has 1 fully saturated rings. The first-order valence-electron chi connectivity index (χ1n) is 9.60. The zero-order chi connectivity index (χ0) is 18.8. The smallest absolute Gasteiger partial charge is 0.322 e. The number of piperidine rings is 1. The van der Waals surface area contributed by atoms with Crippen molar-refractivity contribution < 1.29 is 19.1 Å². The molecule has 1 heterocycles. The summed E-state index contributed by atoms with van der Waals surface area (Å²) in [6, 6.07) is 8.01. The maximum Gasteiger partial charge on any atom is 0.322 e. The zero-order valence-corrected chi connectivity index (χ0v) is 15.5. The van der Waals surface area contributed by atoms with Crippen LogP contribution in [0.2, 0.25) is 0 Å². The minimum atomic E-state index is -0.427. The first-order chi connectivity index (χ1) is 13.2. The third-order valence-electron chi connectivity index (χ3n) is 6.02. The maximum atomic E-state index is 12.6. The van der Waals surface area contributed by atoms with Gasteiger partial charge in [0, 0.05) is 11.8 Å². The van der Waals surface area contributed by atoms with Gasteiger partial charge in [0.2, 0.25) is 0 Å². The SMILES string of the molecule is COC(=O)C1CC(C(=O)OCC2c3ccccc3C3C=CC=CC32)CCN1. The van der Waals surface area contributed by atoms with Crippen LogP contribution in [-0.2, 0) is 19.1 Å². The molecular weight excluding hydrogens is 342 g/mol. The highest BCUT2D eigenvalue weighted by Crippen LogP contribution is 2.49. The molecule has 1 aromatic rings. The summed E-state index contributed by atoms with van der Waals surface area (Å²) in [6.45, 7) is 0.992. The number of methoxy groups -OCH3 is 1. The van der Waals surface area contributed by atoms with Gasteiger partial charge in [0.05, 0.1) is 19.6 Å². The second kappa shape index (κ2) is 7.69. The van der Waals surface area contributed by atoms with E-state index in [0.717, 1.165) is 0 Å². The van der Waals surface area contributed by atoms with Crippen LogP contribution in [0.1, 0.15) is 35.8 Å². The highest BCUT2D eigenvalue weighted by molar-refractivity contribution is 5.78. The minimum Gasteiger partial charge on any atom is -0.468 e. The van der Waals surface area contributed by atoms with E-state index < -0.39 is 6.04 Å². The third kappa shape index (κ3) is 3.44. The van der Waals surface area contributed by atoms with Crippen molar-refractivity contribution in [1.29, 1.82) is 0 Å². The van der Waals surface area contributed by atoms with Crippen molar-refractivity contribution >= 4 is 11.9 Å². The monoisotopic (exact) mass is 367 g/mol. The Hall–Kier alpha value is -2.40. The lowest BCUT2D eigenvalue weighted by Crippen LogP contribution is -2.46. The van der Waals surface area contributed by atoms with Crippen LogP contribution in [-0.4, -0.2) is 38.2 Å². The molecule has 5 heteroatoms. The number of rotatable bonds is 4. The summed E-state index contributed by atoms with van der Waals surface area (Å²) < 4.78 is 10.5. The fourth-order valence-electron chi connectivity index (χ4n) is 4.62. The van der Waals surface area contributed by atoms with Gasteiger partial charge >= 0.3 is 11.9 Å². The lowest BCUT2D eigenvalue weighted by Gasteiger charge is -2.28. The van der Waals surface area contributed by atoms with Crippen molar-refractivity contribution in [3.8, 4) is 0 Å². The van der Waals surface area contributed by atoms with Gasteiger partial charge in [-0.05, 0) is 36.4 Å². The molecule has 0 aromatic heterocycles. The predicted octanol–water partition coefficient (Wildman–Crippen LogP) is 2.69. The van der Waals surface area contributed by atoms with Crippen LogP contribution in [0.25, 0.3) is 0 Å². The van der Waals surface area contributed by atoms with E-state index in [1.807, 2.05) is 6.07 Å². The molecule has 5 nitrogen and oxygen atoms in total. The molecule has 4 rings (SSSR count). The van der Waals surface area contributed by atoms with Gasteiger partial charge in [0.25, 0.3) is 0 Å². The number of benzene rings is 1. The summed E-state index contributed by atoms with van der Waals surface area (Å²) in [4.78, 5) is 24.4. The van der Waals surface area contributed by atoms with Crippen LogP contribution in [0.5, 0.6) is 0 Å². The van der Waals surface area contributed by atoms with E-state index in [0.29, 0.717) is 37.8 Å². The van der Waals surface area contributed by atoms with Crippen LogP contribution in [0, 0.1) is 11.8 Å². The van der Waals surface area contributed by atoms with E-state index in [1.165, 1.54) is 18.2 Å². The number of esters is 2. The van der Waals surface area contributed by atoms with Crippen LogP contribution < -0.4 is 5.32 Å². The molecule has 0 saturated carbocycles. The fourth-order valence-corrected chi connectivity index (χ4v) is 4.62. The molecule has 0 radical (unpaired) electrons. The van der Waals surface area contributed by atoms with Crippen LogP contribution in [0.4, 0.5) is 0 Å². The minimum absolute atomic E-state index is 0.175. The molecule has 142 valence electrons. The molecule has 3 aliphatic rings. The van der Waals surface area contributed by atoms with Crippen molar-refractivity contribution in [3.05, 3.63) is 59.7 Å². The van der Waals surface area contributed by atoms with Gasteiger partial charge in [-0.1, -0.05) is 48.6 Å². The Kier molecular flexibility index (Phi) is 5.12. The number of fused-ring (bicyclic) bond motifs is 3. The van der Waals surface area contributed by atoms with Crippen LogP contribution in [0.3, 0.4) is 0 Å². The number of carbonyl (C=O) groups excluding carboxylic acids is 2. The molecular formula is C22H25NO4. The molecule has 0 bridgehead atoms. The number of allylic oxidation sites excluding steroid dienone is 4. The summed E-state index contributed by atoms with van der Waals surface area (Å²) >= 11 is 0. The Morgan fingerprint density at radius 1 is 1.11 bits per heavy atom. The highest BCUT2D eigenvalue weighted by atomic mass is 16.5. The Balaban J connectivity index is 1.42. The first-order valence-corrected chi connectivity index (χ1v) is 9.60. The zero-order valence-electron chi connectivity index (χ0n) is 15.5. The van der Waals surface area contributed by atoms with Crippen LogP contribution >= 0.6 is 0 Å². The molecule has 0 spiro atoms. The number of carbonyl (C=O) groups is 2. The average Bonchev–Trinajstić information content (AvgIpc) is 3.05. The van der Waals surface area contributed by atoms with Crippen molar-refractivity contribution in [2.24, 2.45) is 11.8 Å². The van der Waals surface area contributed by atoms with Gasteiger partial charge in [0.15, 0.2) is 0 Å². The van der Waals surface area contributed by atoms with Gasteiger partial charge < -0.3 is 14.8 Å². The van der Waals surface area contributed by atoms with E-state index in [-0.39, 0.29) is 23.8 Å². The lowest BCUT2D eigenvalue weighted by molar-refractivity contribution is -0.152. The van der Waals surface area contributed by atoms with Gasteiger partial charge in [-0.3, -0.25) is 9.59 Å². The Morgan fingerprint density at radius 2 is 1.89 bits per heavy atom. The molecule has 1 aromatic carbocycles. The van der Waals surface area contributed by atoms with Crippen molar-refractivity contribution in [2.75, 3.05) is 20.3 Å². The molecule has 1 saturated heterocycles. The van der Waals surface area contributed by atoms with E-state index in [1.54, 1.807) is 0 Å². The number of hydrogen-bond acceptors (Lipinski definition) is 5. The molecule has 5 atom stereocenters. The second-order valence-corrected chi connectivity index (χ2v) is 7.49. The van der Waals surface area contributed by atoms with Gasteiger partial charge in [-0.25, -0.2) is 0 Å². The quantitative estimate of drug-likeness (QED) is 0.829. The summed E-state index contributed by atoms with van der Waals surface area (Å²) in [5.74, 6) is 0.0773. The van der Waals surface area contributed by atoms with Crippen molar-refractivity contribution in [1.82, 2.24) is 5.32 Å². The average molecular weight is 367 g/mol. The fraction of sp³-hybridized carbons (Fsp3) is 0.455. The Morgan fingerprint density at radius 3 is 2.70 bits per heavy atom. The van der Waals surface area contributed by atoms with Crippen molar-refractivity contribution in [3.63, 3.8) is 0 Å². The Labute approximate surface area is 159 Å². The van der Waals surface area contributed by atoms with E-state index in [2.05, 4.69) is 47.8 Å². The molecule has 1 N–H and O–H groups in total. The van der Waals surface area contributed by atoms with E-state index >= 15 is 0 Å². The number of hydrogen-bond donors (Lipinski definition) is 1. The molecule has 27 heavy (non-hydrogen) atoms. The third-order valence-corrected chi connectivity index (χ3v) is 6.02. The number of ether oxygens (including phenoxy) is 2. The molecule has 1 aliphatic heterocycles. The predicted molar refractivity (Wildman–Crippen MR) is 101 cm³/mol. The lowest BCUT2D eigenvalue weighted by atomic mass is 9.84. The normalized spacial score (nSPS) is 31.1. The largest absolute Gasteiger partial charge is 0.468 e.